The van der Waals surface area contributed by atoms with E-state index in [0.717, 1.165) is 57.9 Å². The molecule has 0 aromatic carbocycles. The molecule has 0 unspecified atom stereocenters. The molecule has 24 heavy (non-hydrogen) atoms. The SMILES string of the molecule is N#CC(C#N)=C1N(CCN2CCCCC2)CCN1C1CCNCC1. The van der Waals surface area contributed by atoms with Crippen LogP contribution in [0.25, 0.3) is 0 Å². The van der Waals surface area contributed by atoms with Gasteiger partial charge in [0.15, 0.2) is 5.57 Å². The normalized spacial score (nSPS) is 23.2. The molecule has 1 N–H and O–H groups in total. The minimum absolute atomic E-state index is 0.282. The number of hydrogen-bond donors (Lipinski definition) is 1. The number of piperidine rings is 2. The summed E-state index contributed by atoms with van der Waals surface area (Å²) in [5.74, 6) is 0.893. The Morgan fingerprint density at radius 3 is 2.33 bits per heavy atom. The van der Waals surface area contributed by atoms with Crippen molar-refractivity contribution < 1.29 is 0 Å². The Balaban J connectivity index is 1.70. The molecular formula is C18H28N6. The van der Waals surface area contributed by atoms with Gasteiger partial charge in [0.2, 0.25) is 0 Å². The average molecular weight is 328 g/mol. The maximum atomic E-state index is 9.43. The largest absolute Gasteiger partial charge is 0.354 e. The lowest BCUT2D eigenvalue weighted by Crippen LogP contribution is -2.42. The summed E-state index contributed by atoms with van der Waals surface area (Å²) < 4.78 is 0. The summed E-state index contributed by atoms with van der Waals surface area (Å²) in [4.78, 5) is 7.13. The highest BCUT2D eigenvalue weighted by atomic mass is 15.4. The Morgan fingerprint density at radius 1 is 0.958 bits per heavy atom. The maximum absolute atomic E-state index is 9.43. The smallest absolute Gasteiger partial charge is 0.169 e. The van der Waals surface area contributed by atoms with Crippen molar-refractivity contribution in [3.8, 4) is 12.1 Å². The Bertz CT molecular complexity index is 515. The van der Waals surface area contributed by atoms with Gasteiger partial charge in [-0.1, -0.05) is 6.42 Å². The average Bonchev–Trinajstić information content (AvgIpc) is 3.07. The molecule has 3 aliphatic heterocycles. The first-order valence-corrected chi connectivity index (χ1v) is 9.32. The molecule has 0 aromatic rings. The molecule has 3 rings (SSSR count). The number of rotatable bonds is 4. The molecule has 0 atom stereocenters. The van der Waals surface area contributed by atoms with Gasteiger partial charge in [0.25, 0.3) is 0 Å². The van der Waals surface area contributed by atoms with Gasteiger partial charge in [0, 0.05) is 32.2 Å². The number of allylic oxidation sites excluding steroid dienone is 1. The number of nitriles is 2. The van der Waals surface area contributed by atoms with Crippen molar-refractivity contribution in [2.75, 3.05) is 52.4 Å². The number of nitrogens with zero attached hydrogens (tertiary/aromatic N) is 5. The van der Waals surface area contributed by atoms with E-state index in [1.807, 2.05) is 0 Å². The summed E-state index contributed by atoms with van der Waals surface area (Å²) in [6.45, 7) is 8.25. The molecule has 3 fully saturated rings. The zero-order valence-electron chi connectivity index (χ0n) is 14.5. The fourth-order valence-corrected chi connectivity index (χ4v) is 4.19. The third-order valence-corrected chi connectivity index (χ3v) is 5.51. The van der Waals surface area contributed by atoms with Crippen molar-refractivity contribution in [1.29, 1.82) is 10.5 Å². The third kappa shape index (κ3) is 3.83. The van der Waals surface area contributed by atoms with Crippen LogP contribution in [0.15, 0.2) is 11.4 Å². The lowest BCUT2D eigenvalue weighted by Gasteiger charge is -2.35. The number of hydrogen-bond acceptors (Lipinski definition) is 6. The van der Waals surface area contributed by atoms with Crippen molar-refractivity contribution >= 4 is 0 Å². The van der Waals surface area contributed by atoms with Gasteiger partial charge < -0.3 is 20.0 Å². The van der Waals surface area contributed by atoms with Crippen molar-refractivity contribution in [2.24, 2.45) is 0 Å². The van der Waals surface area contributed by atoms with Crippen LogP contribution in [-0.4, -0.2) is 73.1 Å². The van der Waals surface area contributed by atoms with Crippen LogP contribution in [0, 0.1) is 22.7 Å². The fraction of sp³-hybridized carbons (Fsp3) is 0.778. The Morgan fingerprint density at radius 2 is 1.67 bits per heavy atom. The first kappa shape index (κ1) is 17.1. The summed E-state index contributed by atoms with van der Waals surface area (Å²) in [6, 6.07) is 4.73. The van der Waals surface area contributed by atoms with Crippen LogP contribution in [0.2, 0.25) is 0 Å². The van der Waals surface area contributed by atoms with Gasteiger partial charge in [-0.15, -0.1) is 0 Å². The summed E-state index contributed by atoms with van der Waals surface area (Å²) in [5.41, 5.74) is 0.282. The number of likely N-dealkylation sites (tertiary alicyclic amines) is 1. The Hall–Kier alpha value is -1.76. The van der Waals surface area contributed by atoms with Crippen molar-refractivity contribution in [3.05, 3.63) is 11.4 Å². The molecule has 6 heteroatoms. The van der Waals surface area contributed by atoms with Crippen LogP contribution in [0.5, 0.6) is 0 Å². The molecule has 3 heterocycles. The molecule has 0 spiro atoms. The van der Waals surface area contributed by atoms with Crippen LogP contribution in [0.4, 0.5) is 0 Å². The van der Waals surface area contributed by atoms with E-state index in [1.165, 1.54) is 32.4 Å². The quantitative estimate of drug-likeness (QED) is 0.780. The zero-order valence-corrected chi connectivity index (χ0v) is 14.5. The van der Waals surface area contributed by atoms with E-state index in [-0.39, 0.29) is 5.57 Å². The van der Waals surface area contributed by atoms with Crippen molar-refractivity contribution in [1.82, 2.24) is 20.0 Å². The van der Waals surface area contributed by atoms with E-state index in [9.17, 15) is 10.5 Å². The molecule has 0 aliphatic carbocycles. The van der Waals surface area contributed by atoms with Gasteiger partial charge in [0.05, 0.1) is 0 Å². The van der Waals surface area contributed by atoms with Crippen LogP contribution < -0.4 is 5.32 Å². The highest BCUT2D eigenvalue weighted by molar-refractivity contribution is 5.40. The number of nitrogens with one attached hydrogen (secondary N) is 1. The molecule has 130 valence electrons. The summed E-state index contributed by atoms with van der Waals surface area (Å²) >= 11 is 0. The molecule has 0 aromatic heterocycles. The van der Waals surface area contributed by atoms with Crippen LogP contribution in [-0.2, 0) is 0 Å². The first-order valence-electron chi connectivity index (χ1n) is 9.32. The Labute approximate surface area is 145 Å². The minimum Gasteiger partial charge on any atom is -0.354 e. The van der Waals surface area contributed by atoms with E-state index >= 15 is 0 Å². The van der Waals surface area contributed by atoms with Gasteiger partial charge in [-0.3, -0.25) is 0 Å². The van der Waals surface area contributed by atoms with E-state index in [2.05, 4.69) is 32.2 Å². The molecular weight excluding hydrogens is 300 g/mol. The standard InChI is InChI=1S/C18H28N6/c19-14-16(15-20)18-23(11-10-22-8-2-1-3-9-22)12-13-24(18)17-4-6-21-7-5-17/h17,21H,1-13H2. The molecule has 0 amide bonds. The topological polar surface area (TPSA) is 69.3 Å². The monoisotopic (exact) mass is 328 g/mol. The highest BCUT2D eigenvalue weighted by Gasteiger charge is 2.33. The minimum atomic E-state index is 0.282. The van der Waals surface area contributed by atoms with Crippen LogP contribution in [0.3, 0.4) is 0 Å². The lowest BCUT2D eigenvalue weighted by molar-refractivity contribution is 0.190. The van der Waals surface area contributed by atoms with Gasteiger partial charge in [-0.05, 0) is 51.9 Å². The van der Waals surface area contributed by atoms with Crippen LogP contribution >= 0.6 is 0 Å². The molecule has 0 radical (unpaired) electrons. The van der Waals surface area contributed by atoms with E-state index in [4.69, 9.17) is 0 Å². The van der Waals surface area contributed by atoms with E-state index in [0.29, 0.717) is 6.04 Å². The van der Waals surface area contributed by atoms with Gasteiger partial charge in [-0.25, -0.2) is 0 Å². The summed E-state index contributed by atoms with van der Waals surface area (Å²) in [6.07, 6.45) is 6.13. The highest BCUT2D eigenvalue weighted by Crippen LogP contribution is 2.27. The van der Waals surface area contributed by atoms with E-state index in [1.54, 1.807) is 0 Å². The molecule has 0 bridgehead atoms. The van der Waals surface area contributed by atoms with Crippen molar-refractivity contribution in [2.45, 2.75) is 38.1 Å². The van der Waals surface area contributed by atoms with Gasteiger partial charge in [0.1, 0.15) is 18.0 Å². The second kappa shape index (κ2) is 8.37. The second-order valence-electron chi connectivity index (χ2n) is 6.99. The summed E-state index contributed by atoms with van der Waals surface area (Å²) in [7, 11) is 0. The van der Waals surface area contributed by atoms with Crippen LogP contribution in [0.1, 0.15) is 32.1 Å². The molecule has 3 saturated heterocycles. The molecule has 6 nitrogen and oxygen atoms in total. The van der Waals surface area contributed by atoms with Gasteiger partial charge in [-0.2, -0.15) is 10.5 Å². The predicted molar refractivity (Wildman–Crippen MR) is 92.7 cm³/mol. The van der Waals surface area contributed by atoms with Crippen molar-refractivity contribution in [3.63, 3.8) is 0 Å². The summed E-state index contributed by atoms with van der Waals surface area (Å²) in [5, 5.41) is 22.3. The molecule has 0 saturated carbocycles. The third-order valence-electron chi connectivity index (χ3n) is 5.51. The lowest BCUT2D eigenvalue weighted by atomic mass is 10.0. The second-order valence-corrected chi connectivity index (χ2v) is 6.99. The van der Waals surface area contributed by atoms with Gasteiger partial charge >= 0.3 is 0 Å². The maximum Gasteiger partial charge on any atom is 0.169 e. The fourth-order valence-electron chi connectivity index (χ4n) is 4.19. The predicted octanol–water partition coefficient (Wildman–Crippen LogP) is 1.10. The zero-order chi connectivity index (χ0) is 16.8. The first-order chi connectivity index (χ1) is 11.8. The van der Waals surface area contributed by atoms with E-state index < -0.39 is 0 Å². The Kier molecular flexibility index (Phi) is 5.96. The molecule has 3 aliphatic rings.